The zero-order valence-corrected chi connectivity index (χ0v) is 23.1. The Kier molecular flexibility index (Phi) is 7.73. The maximum Gasteiger partial charge on any atom is 0.319 e. The number of nitrogens with zero attached hydrogens (tertiary/aromatic N) is 5. The number of carbonyl (C=O) groups excluding carboxylic acids is 1. The van der Waals surface area contributed by atoms with Crippen molar-refractivity contribution in [3.05, 3.63) is 53.6 Å². The molecule has 1 amide bonds. The van der Waals surface area contributed by atoms with E-state index in [1.165, 1.54) is 29.2 Å². The highest BCUT2D eigenvalue weighted by Crippen LogP contribution is 2.43. The largest absolute Gasteiger partial charge is 0.507 e. The number of halogens is 5. The summed E-state index contributed by atoms with van der Waals surface area (Å²) in [5.74, 6) is -5.06. The minimum absolute atomic E-state index is 0.0361. The van der Waals surface area contributed by atoms with Crippen molar-refractivity contribution in [2.24, 2.45) is 0 Å². The molecule has 41 heavy (non-hydrogen) atoms. The SMILES string of the molecule is C=CC(=O)N1[C@H](C)CN(c2nc(OCCN3CC(F)(F)C3)nc3c(F)c(-c4c(O)cccc4F)c(Cl)cc23)C[C@@H]1C. The Labute approximate surface area is 238 Å². The Morgan fingerprint density at radius 3 is 2.49 bits per heavy atom. The molecule has 8 nitrogen and oxygen atoms in total. The summed E-state index contributed by atoms with van der Waals surface area (Å²) in [5.41, 5.74) is -1.03. The highest BCUT2D eigenvalue weighted by Gasteiger charge is 2.43. The number of hydrogen-bond acceptors (Lipinski definition) is 7. The lowest BCUT2D eigenvalue weighted by molar-refractivity contribution is -0.132. The number of fused-ring (bicyclic) bond motifs is 1. The molecule has 0 radical (unpaired) electrons. The van der Waals surface area contributed by atoms with Gasteiger partial charge in [-0.05, 0) is 38.1 Å². The number of phenolic OH excluding ortho intramolecular Hbond substituents is 1. The van der Waals surface area contributed by atoms with Crippen LogP contribution in [-0.2, 0) is 4.79 Å². The first kappa shape index (κ1) is 28.9. The Bertz CT molecular complexity index is 1480. The van der Waals surface area contributed by atoms with Crippen molar-refractivity contribution in [2.75, 3.05) is 44.2 Å². The van der Waals surface area contributed by atoms with E-state index >= 15 is 4.39 Å². The van der Waals surface area contributed by atoms with Gasteiger partial charge in [0.15, 0.2) is 5.82 Å². The van der Waals surface area contributed by atoms with Gasteiger partial charge in [0.25, 0.3) is 5.92 Å². The lowest BCUT2D eigenvalue weighted by Crippen LogP contribution is -2.58. The third kappa shape index (κ3) is 5.50. The van der Waals surface area contributed by atoms with Gasteiger partial charge in [-0.15, -0.1) is 0 Å². The van der Waals surface area contributed by atoms with E-state index in [0.717, 1.165) is 6.07 Å². The summed E-state index contributed by atoms with van der Waals surface area (Å²) in [6, 6.07) is 4.23. The van der Waals surface area contributed by atoms with Crippen LogP contribution in [-0.4, -0.2) is 88.1 Å². The van der Waals surface area contributed by atoms with Crippen LogP contribution < -0.4 is 9.64 Å². The molecule has 2 saturated heterocycles. The fourth-order valence-corrected chi connectivity index (χ4v) is 5.81. The van der Waals surface area contributed by atoms with Gasteiger partial charge < -0.3 is 19.6 Å². The number of hydrogen-bond donors (Lipinski definition) is 1. The van der Waals surface area contributed by atoms with Crippen molar-refractivity contribution in [2.45, 2.75) is 31.9 Å². The molecule has 0 aliphatic carbocycles. The van der Waals surface area contributed by atoms with Crippen LogP contribution in [0.15, 0.2) is 36.9 Å². The Morgan fingerprint density at radius 2 is 1.88 bits per heavy atom. The number of amides is 1. The molecule has 0 unspecified atom stereocenters. The quantitative estimate of drug-likeness (QED) is 0.309. The number of phenols is 1. The van der Waals surface area contributed by atoms with Crippen LogP contribution in [0.25, 0.3) is 22.0 Å². The lowest BCUT2D eigenvalue weighted by Gasteiger charge is -2.44. The molecule has 0 saturated carbocycles. The fraction of sp³-hybridized carbons (Fsp3) is 0.393. The standard InChI is InChI=1S/C28H28ClF4N5O3/c1-4-21(40)38-15(2)11-37(12-16(38)3)26-17-10-18(29)22(23-19(30)6-5-7-20(23)39)24(31)25(17)34-27(35-26)41-9-8-36-13-28(32,33)14-36/h4-7,10,15-16,39H,1,8-9,11-14H2,2-3H3/t15-,16+. The maximum atomic E-state index is 16.2. The summed E-state index contributed by atoms with van der Waals surface area (Å²) >= 11 is 6.49. The van der Waals surface area contributed by atoms with Crippen LogP contribution in [0.5, 0.6) is 11.8 Å². The molecule has 218 valence electrons. The Hall–Kier alpha value is -3.64. The summed E-state index contributed by atoms with van der Waals surface area (Å²) < 4.78 is 63.0. The number of alkyl halides is 2. The van der Waals surface area contributed by atoms with Crippen molar-refractivity contribution in [3.63, 3.8) is 0 Å². The predicted octanol–water partition coefficient (Wildman–Crippen LogP) is 4.88. The first-order valence-corrected chi connectivity index (χ1v) is 13.4. The van der Waals surface area contributed by atoms with Gasteiger partial charge in [-0.2, -0.15) is 9.97 Å². The number of aromatic nitrogens is 2. The van der Waals surface area contributed by atoms with Crippen LogP contribution in [0.1, 0.15) is 13.8 Å². The third-order valence-electron chi connectivity index (χ3n) is 7.28. The third-order valence-corrected chi connectivity index (χ3v) is 7.58. The van der Waals surface area contributed by atoms with Gasteiger partial charge in [0.2, 0.25) is 5.91 Å². The molecule has 1 N–H and O–H groups in total. The molecule has 5 rings (SSSR count). The second kappa shape index (κ2) is 11.0. The van der Waals surface area contributed by atoms with Gasteiger partial charge >= 0.3 is 6.01 Å². The number of piperazine rings is 1. The number of anilines is 1. The highest BCUT2D eigenvalue weighted by atomic mass is 35.5. The predicted molar refractivity (Wildman–Crippen MR) is 147 cm³/mol. The highest BCUT2D eigenvalue weighted by molar-refractivity contribution is 6.34. The van der Waals surface area contributed by atoms with Gasteiger partial charge in [0, 0.05) is 42.7 Å². The van der Waals surface area contributed by atoms with Crippen LogP contribution in [0.3, 0.4) is 0 Å². The number of carbonyl (C=O) groups is 1. The Balaban J connectivity index is 1.57. The second-order valence-corrected chi connectivity index (χ2v) is 10.8. The number of rotatable bonds is 7. The van der Waals surface area contributed by atoms with Crippen molar-refractivity contribution >= 4 is 34.2 Å². The number of benzene rings is 2. The van der Waals surface area contributed by atoms with Crippen LogP contribution in [0.4, 0.5) is 23.4 Å². The molecule has 3 heterocycles. The normalized spacial score (nSPS) is 20.7. The Morgan fingerprint density at radius 1 is 1.20 bits per heavy atom. The summed E-state index contributed by atoms with van der Waals surface area (Å²) in [4.78, 5) is 26.2. The maximum absolute atomic E-state index is 16.2. The van der Waals surface area contributed by atoms with Crippen molar-refractivity contribution in [1.29, 1.82) is 0 Å². The minimum atomic E-state index is -2.73. The average Bonchev–Trinajstić information content (AvgIpc) is 2.88. The van der Waals surface area contributed by atoms with E-state index in [4.69, 9.17) is 16.3 Å². The minimum Gasteiger partial charge on any atom is -0.507 e. The zero-order chi connectivity index (χ0) is 29.6. The molecule has 2 aliphatic rings. The molecule has 2 aliphatic heterocycles. The van der Waals surface area contributed by atoms with Crippen LogP contribution in [0.2, 0.25) is 5.02 Å². The molecule has 0 spiro atoms. The van der Waals surface area contributed by atoms with E-state index in [9.17, 15) is 23.1 Å². The van der Waals surface area contributed by atoms with E-state index in [-0.39, 0.29) is 77.5 Å². The van der Waals surface area contributed by atoms with Gasteiger partial charge in [-0.1, -0.05) is 24.2 Å². The average molecular weight is 594 g/mol. The molecule has 13 heteroatoms. The summed E-state index contributed by atoms with van der Waals surface area (Å²) in [6.07, 6.45) is 1.25. The molecule has 3 aromatic rings. The van der Waals surface area contributed by atoms with Gasteiger partial charge in [0.05, 0.1) is 23.7 Å². The smallest absolute Gasteiger partial charge is 0.319 e. The van der Waals surface area contributed by atoms with Crippen LogP contribution in [0, 0.1) is 11.6 Å². The molecular weight excluding hydrogens is 566 g/mol. The van der Waals surface area contributed by atoms with Crippen molar-refractivity contribution in [3.8, 4) is 22.9 Å². The van der Waals surface area contributed by atoms with Gasteiger partial charge in [-0.25, -0.2) is 17.6 Å². The summed E-state index contributed by atoms with van der Waals surface area (Å²) in [7, 11) is 0. The van der Waals surface area contributed by atoms with Gasteiger partial charge in [-0.3, -0.25) is 9.69 Å². The van der Waals surface area contributed by atoms with E-state index in [2.05, 4.69) is 16.5 Å². The summed E-state index contributed by atoms with van der Waals surface area (Å²) in [5, 5.41) is 10.4. The number of ether oxygens (including phenoxy) is 1. The van der Waals surface area contributed by atoms with E-state index < -0.39 is 28.9 Å². The molecular formula is C28H28ClF4N5O3. The van der Waals surface area contributed by atoms with E-state index in [1.807, 2.05) is 18.7 Å². The van der Waals surface area contributed by atoms with Crippen molar-refractivity contribution in [1.82, 2.24) is 19.8 Å². The van der Waals surface area contributed by atoms with E-state index in [1.54, 1.807) is 4.90 Å². The van der Waals surface area contributed by atoms with Crippen LogP contribution >= 0.6 is 11.6 Å². The fourth-order valence-electron chi connectivity index (χ4n) is 5.52. The lowest BCUT2D eigenvalue weighted by atomic mass is 10.0. The van der Waals surface area contributed by atoms with Gasteiger partial charge in [0.1, 0.15) is 29.5 Å². The number of likely N-dealkylation sites (tertiary alicyclic amines) is 1. The molecule has 2 atom stereocenters. The van der Waals surface area contributed by atoms with Crippen molar-refractivity contribution < 1.29 is 32.2 Å². The first-order valence-electron chi connectivity index (χ1n) is 13.0. The molecule has 0 bridgehead atoms. The zero-order valence-electron chi connectivity index (χ0n) is 22.4. The van der Waals surface area contributed by atoms with E-state index in [0.29, 0.717) is 13.1 Å². The molecule has 1 aromatic heterocycles. The second-order valence-electron chi connectivity index (χ2n) is 10.4. The molecule has 2 aromatic carbocycles. The molecule has 2 fully saturated rings. The monoisotopic (exact) mass is 593 g/mol. The topological polar surface area (TPSA) is 82.0 Å². The number of aromatic hydroxyl groups is 1. The first-order chi connectivity index (χ1) is 19.4. The summed E-state index contributed by atoms with van der Waals surface area (Å²) in [6.45, 7) is 7.33.